The van der Waals surface area contributed by atoms with Gasteiger partial charge in [0, 0.05) is 6.54 Å². The SMILES string of the molecule is COc1ccc(C)cc1S(=O)(=O)NC(Cc1ccccc1)C(=O)NCc1ccccc1. The fourth-order valence-electron chi connectivity index (χ4n) is 3.19. The van der Waals surface area contributed by atoms with Gasteiger partial charge in [0.15, 0.2) is 0 Å². The highest BCUT2D eigenvalue weighted by Crippen LogP contribution is 2.25. The third-order valence-corrected chi connectivity index (χ3v) is 6.31. The van der Waals surface area contributed by atoms with Gasteiger partial charge in [-0.3, -0.25) is 4.79 Å². The molecule has 31 heavy (non-hydrogen) atoms. The Morgan fingerprint density at radius 3 is 2.16 bits per heavy atom. The lowest BCUT2D eigenvalue weighted by molar-refractivity contribution is -0.122. The van der Waals surface area contributed by atoms with Crippen molar-refractivity contribution in [2.75, 3.05) is 7.11 Å². The first-order valence-corrected chi connectivity index (χ1v) is 11.4. The summed E-state index contributed by atoms with van der Waals surface area (Å²) in [7, 11) is -2.59. The number of hydrogen-bond acceptors (Lipinski definition) is 4. The Hall–Kier alpha value is -3.16. The summed E-state index contributed by atoms with van der Waals surface area (Å²) in [4.78, 5) is 13.0. The molecule has 0 aromatic heterocycles. The van der Waals surface area contributed by atoms with Gasteiger partial charge in [-0.1, -0.05) is 66.7 Å². The molecule has 3 aromatic carbocycles. The third-order valence-electron chi connectivity index (χ3n) is 4.81. The van der Waals surface area contributed by atoms with Crippen molar-refractivity contribution in [1.82, 2.24) is 10.0 Å². The molecule has 0 saturated heterocycles. The molecule has 1 atom stereocenters. The molecule has 0 spiro atoms. The van der Waals surface area contributed by atoms with Crippen molar-refractivity contribution >= 4 is 15.9 Å². The molecule has 1 amide bonds. The molecule has 6 nitrogen and oxygen atoms in total. The highest BCUT2D eigenvalue weighted by molar-refractivity contribution is 7.89. The van der Waals surface area contributed by atoms with E-state index in [-0.39, 0.29) is 17.1 Å². The second-order valence-electron chi connectivity index (χ2n) is 7.22. The Bertz CT molecular complexity index is 1120. The zero-order valence-corrected chi connectivity index (χ0v) is 18.4. The minimum atomic E-state index is -4.01. The smallest absolute Gasteiger partial charge is 0.244 e. The number of benzene rings is 3. The highest BCUT2D eigenvalue weighted by atomic mass is 32.2. The van der Waals surface area contributed by atoms with Gasteiger partial charge < -0.3 is 10.1 Å². The van der Waals surface area contributed by atoms with Crippen LogP contribution >= 0.6 is 0 Å². The van der Waals surface area contributed by atoms with Crippen molar-refractivity contribution in [3.05, 3.63) is 95.6 Å². The van der Waals surface area contributed by atoms with Gasteiger partial charge in [-0.25, -0.2) is 8.42 Å². The van der Waals surface area contributed by atoms with Crippen LogP contribution in [-0.4, -0.2) is 27.5 Å². The topological polar surface area (TPSA) is 84.5 Å². The van der Waals surface area contributed by atoms with E-state index in [2.05, 4.69) is 10.0 Å². The first-order chi connectivity index (χ1) is 14.9. The Balaban J connectivity index is 1.85. The number of carbonyl (C=O) groups excluding carboxylic acids is 1. The van der Waals surface area contributed by atoms with E-state index in [1.54, 1.807) is 19.1 Å². The number of sulfonamides is 1. The van der Waals surface area contributed by atoms with Gasteiger partial charge in [0.05, 0.1) is 7.11 Å². The minimum Gasteiger partial charge on any atom is -0.495 e. The molecule has 3 aromatic rings. The van der Waals surface area contributed by atoms with Crippen LogP contribution in [0.2, 0.25) is 0 Å². The molecule has 2 N–H and O–H groups in total. The average Bonchev–Trinajstić information content (AvgIpc) is 2.78. The molecule has 0 fully saturated rings. The van der Waals surface area contributed by atoms with Crippen LogP contribution in [0.15, 0.2) is 83.8 Å². The summed E-state index contributed by atoms with van der Waals surface area (Å²) in [5.74, 6) is -0.177. The van der Waals surface area contributed by atoms with Crippen LogP contribution in [0.3, 0.4) is 0 Å². The van der Waals surface area contributed by atoms with Crippen LogP contribution in [0.1, 0.15) is 16.7 Å². The van der Waals surface area contributed by atoms with Crippen LogP contribution in [0, 0.1) is 6.92 Å². The predicted molar refractivity (Wildman–Crippen MR) is 120 cm³/mol. The van der Waals surface area contributed by atoms with Crippen molar-refractivity contribution < 1.29 is 17.9 Å². The molecule has 0 aliphatic heterocycles. The quantitative estimate of drug-likeness (QED) is 0.537. The zero-order valence-electron chi connectivity index (χ0n) is 17.5. The highest BCUT2D eigenvalue weighted by Gasteiger charge is 2.28. The second-order valence-corrected chi connectivity index (χ2v) is 8.90. The lowest BCUT2D eigenvalue weighted by Crippen LogP contribution is -2.47. The van der Waals surface area contributed by atoms with E-state index < -0.39 is 22.0 Å². The molecular weight excluding hydrogens is 412 g/mol. The predicted octanol–water partition coefficient (Wildman–Crippen LogP) is 3.21. The van der Waals surface area contributed by atoms with Crippen molar-refractivity contribution in [2.45, 2.75) is 30.8 Å². The summed E-state index contributed by atoms with van der Waals surface area (Å²) < 4.78 is 34.2. The van der Waals surface area contributed by atoms with E-state index in [1.165, 1.54) is 13.2 Å². The standard InChI is InChI=1S/C24H26N2O4S/c1-18-13-14-22(30-2)23(15-18)31(28,29)26-21(16-19-9-5-3-6-10-19)24(27)25-17-20-11-7-4-8-12-20/h3-15,21,26H,16-17H2,1-2H3,(H,25,27). The lowest BCUT2D eigenvalue weighted by Gasteiger charge is -2.20. The molecule has 3 rings (SSSR count). The van der Waals surface area contributed by atoms with Crippen molar-refractivity contribution in [3.8, 4) is 5.75 Å². The zero-order chi connectivity index (χ0) is 22.3. The summed E-state index contributed by atoms with van der Waals surface area (Å²) in [6.07, 6.45) is 0.217. The number of amides is 1. The molecule has 0 aliphatic carbocycles. The fraction of sp³-hybridized carbons (Fsp3) is 0.208. The molecule has 0 saturated carbocycles. The maximum Gasteiger partial charge on any atom is 0.244 e. The Kier molecular flexibility index (Phi) is 7.44. The van der Waals surface area contributed by atoms with E-state index in [1.807, 2.05) is 60.7 Å². The van der Waals surface area contributed by atoms with Crippen LogP contribution in [0.5, 0.6) is 5.75 Å². The van der Waals surface area contributed by atoms with Gasteiger partial charge in [-0.15, -0.1) is 0 Å². The summed E-state index contributed by atoms with van der Waals surface area (Å²) >= 11 is 0. The fourth-order valence-corrected chi connectivity index (χ4v) is 4.64. The molecule has 0 heterocycles. The first kappa shape index (κ1) is 22.5. The van der Waals surface area contributed by atoms with Gasteiger partial charge in [0.2, 0.25) is 15.9 Å². The van der Waals surface area contributed by atoms with Gasteiger partial charge in [-0.2, -0.15) is 4.72 Å². The summed E-state index contributed by atoms with van der Waals surface area (Å²) in [6.45, 7) is 2.10. The van der Waals surface area contributed by atoms with E-state index in [4.69, 9.17) is 4.74 Å². The second kappa shape index (κ2) is 10.2. The summed E-state index contributed by atoms with van der Waals surface area (Å²) in [5, 5.41) is 2.84. The average molecular weight is 439 g/mol. The van der Waals surface area contributed by atoms with Gasteiger partial charge >= 0.3 is 0 Å². The Morgan fingerprint density at radius 2 is 1.55 bits per heavy atom. The normalized spacial score (nSPS) is 12.2. The number of ether oxygens (including phenoxy) is 1. The monoisotopic (exact) mass is 438 g/mol. The van der Waals surface area contributed by atoms with Gasteiger partial charge in [-0.05, 0) is 42.2 Å². The lowest BCUT2D eigenvalue weighted by atomic mass is 10.1. The number of methoxy groups -OCH3 is 1. The summed E-state index contributed by atoms with van der Waals surface area (Å²) in [5.41, 5.74) is 2.55. The molecule has 0 radical (unpaired) electrons. The van der Waals surface area contributed by atoms with Crippen LogP contribution in [0.25, 0.3) is 0 Å². The van der Waals surface area contributed by atoms with E-state index in [0.29, 0.717) is 6.54 Å². The maximum atomic E-state index is 13.2. The van der Waals surface area contributed by atoms with E-state index in [9.17, 15) is 13.2 Å². The van der Waals surface area contributed by atoms with Gasteiger partial charge in [0.25, 0.3) is 0 Å². The number of hydrogen-bond donors (Lipinski definition) is 2. The third kappa shape index (κ3) is 6.16. The van der Waals surface area contributed by atoms with Crippen LogP contribution < -0.4 is 14.8 Å². The maximum absolute atomic E-state index is 13.2. The van der Waals surface area contributed by atoms with E-state index >= 15 is 0 Å². The van der Waals surface area contributed by atoms with Crippen molar-refractivity contribution in [2.24, 2.45) is 0 Å². The van der Waals surface area contributed by atoms with Gasteiger partial charge in [0.1, 0.15) is 16.7 Å². The Morgan fingerprint density at radius 1 is 0.935 bits per heavy atom. The van der Waals surface area contributed by atoms with Crippen molar-refractivity contribution in [3.63, 3.8) is 0 Å². The largest absolute Gasteiger partial charge is 0.495 e. The van der Waals surface area contributed by atoms with E-state index in [0.717, 1.165) is 16.7 Å². The molecular formula is C24H26N2O4S. The number of rotatable bonds is 9. The molecule has 7 heteroatoms. The molecule has 1 unspecified atom stereocenters. The number of carbonyl (C=O) groups is 1. The first-order valence-electron chi connectivity index (χ1n) is 9.91. The van der Waals surface area contributed by atoms with Crippen molar-refractivity contribution in [1.29, 1.82) is 0 Å². The minimum absolute atomic E-state index is 0.00363. The molecule has 162 valence electrons. The molecule has 0 bridgehead atoms. The number of aryl methyl sites for hydroxylation is 1. The Labute approximate surface area is 183 Å². The summed E-state index contributed by atoms with van der Waals surface area (Å²) in [6, 6.07) is 22.7. The number of nitrogens with one attached hydrogen (secondary N) is 2. The molecule has 0 aliphatic rings. The van der Waals surface area contributed by atoms with Crippen LogP contribution in [-0.2, 0) is 27.8 Å². The van der Waals surface area contributed by atoms with Crippen LogP contribution in [0.4, 0.5) is 0 Å².